The average molecular weight is 482 g/mol. The second-order valence-electron chi connectivity index (χ2n) is 9.22. The summed E-state index contributed by atoms with van der Waals surface area (Å²) in [7, 11) is 0. The van der Waals surface area contributed by atoms with Crippen LogP contribution in [0.3, 0.4) is 0 Å². The van der Waals surface area contributed by atoms with E-state index in [1.807, 2.05) is 71.6 Å². The lowest BCUT2D eigenvalue weighted by atomic mass is 9.95. The summed E-state index contributed by atoms with van der Waals surface area (Å²) >= 11 is 0. The number of hydrogen-bond acceptors (Lipinski definition) is 5. The first-order chi connectivity index (χ1) is 17.7. The third-order valence-electron chi connectivity index (χ3n) is 6.89. The maximum atomic E-state index is 13.5. The quantitative estimate of drug-likeness (QED) is 0.384. The van der Waals surface area contributed by atoms with E-state index in [0.717, 1.165) is 41.9 Å². The summed E-state index contributed by atoms with van der Waals surface area (Å²) in [6.07, 6.45) is 1.94. The fourth-order valence-electron chi connectivity index (χ4n) is 5.11. The number of aromatic nitrogens is 2. The molecule has 182 valence electrons. The molecule has 3 aromatic carbocycles. The smallest absolute Gasteiger partial charge is 0.273 e. The number of phenols is 1. The minimum Gasteiger partial charge on any atom is -0.507 e. The van der Waals surface area contributed by atoms with E-state index in [-0.39, 0.29) is 23.8 Å². The number of nitrogens with zero attached hydrogens (tertiary/aromatic N) is 2. The van der Waals surface area contributed by atoms with E-state index in [1.54, 1.807) is 12.1 Å². The molecule has 1 fully saturated rings. The Morgan fingerprint density at radius 2 is 1.81 bits per heavy atom. The fraction of sp³-hybridized carbons (Fsp3) is 0.241. The molecule has 36 heavy (non-hydrogen) atoms. The number of aromatic hydroxyl groups is 1. The Balaban J connectivity index is 1.34. The highest BCUT2D eigenvalue weighted by molar-refractivity contribution is 6.00. The standard InChI is InChI=1S/C29H27N3O4/c33-24-11-5-4-10-23(24)26-25-27(31-30-26)29(34)32(17-22-9-6-16-35-22)28(25)20-12-14-21(15-13-20)36-18-19-7-2-1-3-8-19/h1-5,7-8,10-15,22,28,33H,6,9,16-18H2,(H,30,31)/t22-,28+/m0/s1. The highest BCUT2D eigenvalue weighted by Gasteiger charge is 2.43. The highest BCUT2D eigenvalue weighted by Crippen LogP contribution is 2.45. The molecule has 2 N–H and O–H groups in total. The number of fused-ring (bicyclic) bond motifs is 1. The summed E-state index contributed by atoms with van der Waals surface area (Å²) in [5.74, 6) is 0.773. The van der Waals surface area contributed by atoms with Gasteiger partial charge in [0, 0.05) is 24.3 Å². The maximum Gasteiger partial charge on any atom is 0.273 e. The van der Waals surface area contributed by atoms with Gasteiger partial charge in [-0.2, -0.15) is 5.10 Å². The van der Waals surface area contributed by atoms with Gasteiger partial charge < -0.3 is 19.5 Å². The first kappa shape index (κ1) is 22.4. The molecule has 6 rings (SSSR count). The van der Waals surface area contributed by atoms with Crippen LogP contribution in [0, 0.1) is 0 Å². The van der Waals surface area contributed by atoms with E-state index in [2.05, 4.69) is 10.2 Å². The molecule has 0 spiro atoms. The van der Waals surface area contributed by atoms with Crippen LogP contribution in [0.25, 0.3) is 11.3 Å². The van der Waals surface area contributed by atoms with Crippen LogP contribution in [0.5, 0.6) is 11.5 Å². The lowest BCUT2D eigenvalue weighted by Gasteiger charge is -2.28. The number of rotatable bonds is 7. The van der Waals surface area contributed by atoms with Gasteiger partial charge in [-0.1, -0.05) is 54.6 Å². The van der Waals surface area contributed by atoms with Crippen LogP contribution in [0.2, 0.25) is 0 Å². The predicted octanol–water partition coefficient (Wildman–Crippen LogP) is 5.09. The number of aromatic amines is 1. The first-order valence-corrected chi connectivity index (χ1v) is 12.2. The molecule has 1 amide bonds. The van der Waals surface area contributed by atoms with Crippen molar-refractivity contribution >= 4 is 5.91 Å². The van der Waals surface area contributed by atoms with Crippen molar-refractivity contribution in [3.05, 3.63) is 101 Å². The summed E-state index contributed by atoms with van der Waals surface area (Å²) < 4.78 is 11.8. The number of carbonyl (C=O) groups is 1. The van der Waals surface area contributed by atoms with E-state index in [4.69, 9.17) is 9.47 Å². The number of ether oxygens (including phenoxy) is 2. The van der Waals surface area contributed by atoms with Crippen LogP contribution in [0.1, 0.15) is 46.1 Å². The molecule has 0 saturated carbocycles. The summed E-state index contributed by atoms with van der Waals surface area (Å²) in [4.78, 5) is 15.4. The third kappa shape index (κ3) is 4.12. The Bertz CT molecular complexity index is 1360. The second kappa shape index (κ2) is 9.51. The van der Waals surface area contributed by atoms with Crippen LogP contribution >= 0.6 is 0 Å². The predicted molar refractivity (Wildman–Crippen MR) is 135 cm³/mol. The number of para-hydroxylation sites is 1. The van der Waals surface area contributed by atoms with Crippen molar-refractivity contribution in [3.8, 4) is 22.8 Å². The number of phenolic OH excluding ortho intramolecular Hbond substituents is 1. The Kier molecular flexibility index (Phi) is 5.91. The number of hydrogen-bond donors (Lipinski definition) is 2. The highest BCUT2D eigenvalue weighted by atomic mass is 16.5. The van der Waals surface area contributed by atoms with Crippen molar-refractivity contribution in [2.24, 2.45) is 0 Å². The van der Waals surface area contributed by atoms with Crippen molar-refractivity contribution in [1.29, 1.82) is 0 Å². The van der Waals surface area contributed by atoms with Gasteiger partial charge in [0.15, 0.2) is 0 Å². The van der Waals surface area contributed by atoms with Crippen molar-refractivity contribution in [2.45, 2.75) is 31.6 Å². The number of benzene rings is 3. The number of H-pyrrole nitrogens is 1. The third-order valence-corrected chi connectivity index (χ3v) is 6.89. The van der Waals surface area contributed by atoms with Gasteiger partial charge >= 0.3 is 0 Å². The molecule has 7 heteroatoms. The van der Waals surface area contributed by atoms with E-state index in [0.29, 0.717) is 30.1 Å². The van der Waals surface area contributed by atoms with Gasteiger partial charge in [0.1, 0.15) is 29.5 Å². The Morgan fingerprint density at radius 1 is 1.03 bits per heavy atom. The summed E-state index contributed by atoms with van der Waals surface area (Å²) in [5, 5.41) is 17.9. The van der Waals surface area contributed by atoms with Crippen molar-refractivity contribution in [1.82, 2.24) is 15.1 Å². The van der Waals surface area contributed by atoms with Crippen molar-refractivity contribution in [3.63, 3.8) is 0 Å². The lowest BCUT2D eigenvalue weighted by molar-refractivity contribution is 0.0495. The zero-order valence-electron chi connectivity index (χ0n) is 19.8. The summed E-state index contributed by atoms with van der Waals surface area (Å²) in [6, 6.07) is 24.6. The number of amides is 1. The Labute approximate surface area is 209 Å². The molecule has 7 nitrogen and oxygen atoms in total. The van der Waals surface area contributed by atoms with Gasteiger partial charge in [0.25, 0.3) is 5.91 Å². The zero-order valence-corrected chi connectivity index (χ0v) is 19.8. The number of carbonyl (C=O) groups excluding carboxylic acids is 1. The molecular weight excluding hydrogens is 454 g/mol. The first-order valence-electron chi connectivity index (χ1n) is 12.2. The Hall–Kier alpha value is -4.10. The molecule has 0 bridgehead atoms. The van der Waals surface area contributed by atoms with Crippen LogP contribution in [0.15, 0.2) is 78.9 Å². The largest absolute Gasteiger partial charge is 0.507 e. The van der Waals surface area contributed by atoms with E-state index in [1.165, 1.54) is 0 Å². The molecule has 2 atom stereocenters. The Morgan fingerprint density at radius 3 is 2.56 bits per heavy atom. The molecule has 3 heterocycles. The average Bonchev–Trinajstić information content (AvgIpc) is 3.64. The molecule has 1 saturated heterocycles. The van der Waals surface area contributed by atoms with Crippen LogP contribution in [0.4, 0.5) is 0 Å². The molecule has 2 aliphatic rings. The fourth-order valence-corrected chi connectivity index (χ4v) is 5.11. The van der Waals surface area contributed by atoms with Gasteiger partial charge in [-0.15, -0.1) is 0 Å². The van der Waals surface area contributed by atoms with E-state index < -0.39 is 0 Å². The topological polar surface area (TPSA) is 87.7 Å². The lowest BCUT2D eigenvalue weighted by Crippen LogP contribution is -2.36. The van der Waals surface area contributed by atoms with Gasteiger partial charge in [-0.05, 0) is 48.2 Å². The van der Waals surface area contributed by atoms with Gasteiger partial charge in [0.05, 0.1) is 12.1 Å². The molecule has 2 aliphatic heterocycles. The van der Waals surface area contributed by atoms with Crippen molar-refractivity contribution < 1.29 is 19.4 Å². The second-order valence-corrected chi connectivity index (χ2v) is 9.22. The van der Waals surface area contributed by atoms with E-state index >= 15 is 0 Å². The maximum absolute atomic E-state index is 13.5. The van der Waals surface area contributed by atoms with Gasteiger partial charge in [-0.3, -0.25) is 9.89 Å². The van der Waals surface area contributed by atoms with Crippen LogP contribution < -0.4 is 4.74 Å². The van der Waals surface area contributed by atoms with Gasteiger partial charge in [0.2, 0.25) is 0 Å². The summed E-state index contributed by atoms with van der Waals surface area (Å²) in [6.45, 7) is 1.70. The molecule has 4 aromatic rings. The molecule has 1 aromatic heterocycles. The molecule has 0 radical (unpaired) electrons. The van der Waals surface area contributed by atoms with Crippen LogP contribution in [-0.4, -0.2) is 45.4 Å². The summed E-state index contributed by atoms with van der Waals surface area (Å²) in [5.41, 5.74) is 4.46. The molecular formula is C29H27N3O4. The zero-order chi connectivity index (χ0) is 24.5. The van der Waals surface area contributed by atoms with Crippen LogP contribution in [-0.2, 0) is 11.3 Å². The minimum absolute atomic E-state index is 0.00970. The molecule has 0 unspecified atom stereocenters. The normalized spacial score (nSPS) is 19.0. The van der Waals surface area contributed by atoms with E-state index in [9.17, 15) is 9.90 Å². The minimum atomic E-state index is -0.353. The molecule has 0 aliphatic carbocycles. The monoisotopic (exact) mass is 481 g/mol. The SMILES string of the molecule is O=C1c2[nH]nc(-c3ccccc3O)c2[C@@H](c2ccc(OCc3ccccc3)cc2)N1C[C@@H]1CCCO1. The number of nitrogens with one attached hydrogen (secondary N) is 1. The van der Waals surface area contributed by atoms with Gasteiger partial charge in [-0.25, -0.2) is 0 Å². The van der Waals surface area contributed by atoms with Crippen molar-refractivity contribution in [2.75, 3.05) is 13.2 Å².